The Balaban J connectivity index is 4.12. The van der Waals surface area contributed by atoms with Gasteiger partial charge in [-0.3, -0.25) is 14.5 Å². The molecule has 0 fully saturated rings. The third-order valence-corrected chi connectivity index (χ3v) is 2.35. The van der Waals surface area contributed by atoms with Crippen molar-refractivity contribution in [3.8, 4) is 0 Å². The van der Waals surface area contributed by atoms with Gasteiger partial charge in [0, 0.05) is 26.2 Å². The van der Waals surface area contributed by atoms with Gasteiger partial charge in [0.05, 0.1) is 0 Å². The smallest absolute Gasteiger partial charge is 0.243 e. The molecule has 0 aliphatic carbocycles. The zero-order valence-electron chi connectivity index (χ0n) is 11.0. The van der Waals surface area contributed by atoms with E-state index >= 15 is 0 Å². The number of amides is 2. The van der Waals surface area contributed by atoms with Gasteiger partial charge in [-0.2, -0.15) is 0 Å². The molecule has 1 atom stereocenters. The van der Waals surface area contributed by atoms with E-state index in [2.05, 4.69) is 30.4 Å². The maximum Gasteiger partial charge on any atom is 0.243 e. The molecule has 2 amide bonds. The number of hydrogen-bond donors (Lipinski definition) is 3. The minimum atomic E-state index is -0.832. The molecule has 0 aromatic carbocycles. The van der Waals surface area contributed by atoms with Crippen molar-refractivity contribution in [2.24, 2.45) is 0 Å². The summed E-state index contributed by atoms with van der Waals surface area (Å²) in [7, 11) is 0. The van der Waals surface area contributed by atoms with Gasteiger partial charge in [0.15, 0.2) is 0 Å². The number of hydrogen-bond acceptors (Lipinski definition) is 4. The predicted molar refractivity (Wildman–Crippen MR) is 74.2 cm³/mol. The van der Waals surface area contributed by atoms with E-state index in [-0.39, 0.29) is 11.8 Å². The van der Waals surface area contributed by atoms with Crippen LogP contribution in [0.1, 0.15) is 0 Å². The van der Waals surface area contributed by atoms with Crippen LogP contribution in [0.5, 0.6) is 0 Å². The second-order valence-corrected chi connectivity index (χ2v) is 3.68. The van der Waals surface area contributed by atoms with E-state index in [0.29, 0.717) is 26.2 Å². The van der Waals surface area contributed by atoms with E-state index < -0.39 is 6.23 Å². The second kappa shape index (κ2) is 10.0. The van der Waals surface area contributed by atoms with Crippen LogP contribution in [0, 0.1) is 0 Å². The Bertz CT molecular complexity index is 316. The minimum absolute atomic E-state index is 0.270. The average Bonchev–Trinajstić information content (AvgIpc) is 2.44. The Hall–Kier alpha value is -1.92. The fourth-order valence-corrected chi connectivity index (χ4v) is 1.32. The van der Waals surface area contributed by atoms with E-state index in [1.165, 1.54) is 18.2 Å². The van der Waals surface area contributed by atoms with Gasteiger partial charge in [-0.15, -0.1) is 0 Å². The lowest BCUT2D eigenvalue weighted by Gasteiger charge is -2.25. The van der Waals surface area contributed by atoms with Gasteiger partial charge >= 0.3 is 0 Å². The highest BCUT2D eigenvalue weighted by molar-refractivity contribution is 5.87. The van der Waals surface area contributed by atoms with Gasteiger partial charge in [0.1, 0.15) is 6.23 Å². The van der Waals surface area contributed by atoms with Crippen molar-refractivity contribution in [1.29, 1.82) is 0 Å². The summed E-state index contributed by atoms with van der Waals surface area (Å²) in [5.41, 5.74) is 0. The first kappa shape index (κ1) is 17.1. The highest BCUT2D eigenvalue weighted by Gasteiger charge is 2.12. The molecule has 0 bridgehead atoms. The molecule has 106 valence electrons. The number of nitrogens with zero attached hydrogens (tertiary/aromatic N) is 1. The maximum atomic E-state index is 11.0. The maximum absolute atomic E-state index is 11.0. The largest absolute Gasteiger partial charge is 0.375 e. The van der Waals surface area contributed by atoms with E-state index in [9.17, 15) is 14.7 Å². The molecule has 0 saturated heterocycles. The van der Waals surface area contributed by atoms with E-state index in [0.717, 1.165) is 0 Å². The van der Waals surface area contributed by atoms with Crippen molar-refractivity contribution in [3.63, 3.8) is 0 Å². The summed E-state index contributed by atoms with van der Waals surface area (Å²) in [5, 5.41) is 14.9. The van der Waals surface area contributed by atoms with Crippen LogP contribution in [0.3, 0.4) is 0 Å². The summed E-state index contributed by atoms with van der Waals surface area (Å²) in [5.74, 6) is -0.541. The van der Waals surface area contributed by atoms with Crippen LogP contribution in [0.25, 0.3) is 0 Å². The van der Waals surface area contributed by atoms with Crippen LogP contribution < -0.4 is 10.6 Å². The fourth-order valence-electron chi connectivity index (χ4n) is 1.32. The van der Waals surface area contributed by atoms with Crippen molar-refractivity contribution in [1.82, 2.24) is 15.5 Å². The third-order valence-electron chi connectivity index (χ3n) is 2.35. The summed E-state index contributed by atoms with van der Waals surface area (Å²) >= 11 is 0. The summed E-state index contributed by atoms with van der Waals surface area (Å²) in [4.78, 5) is 23.6. The topological polar surface area (TPSA) is 81.7 Å². The molecular formula is C13H21N3O3. The van der Waals surface area contributed by atoms with Crippen molar-refractivity contribution in [2.75, 3.05) is 26.2 Å². The Morgan fingerprint density at radius 3 is 1.79 bits per heavy atom. The van der Waals surface area contributed by atoms with Gasteiger partial charge in [0.25, 0.3) is 0 Å². The molecule has 0 spiro atoms. The van der Waals surface area contributed by atoms with Crippen molar-refractivity contribution in [2.45, 2.75) is 6.23 Å². The summed E-state index contributed by atoms with van der Waals surface area (Å²) < 4.78 is 0. The van der Waals surface area contributed by atoms with E-state index in [1.807, 2.05) is 0 Å². The highest BCUT2D eigenvalue weighted by atomic mass is 16.3. The van der Waals surface area contributed by atoms with Gasteiger partial charge in [-0.25, -0.2) is 0 Å². The summed E-state index contributed by atoms with van der Waals surface area (Å²) in [6.45, 7) is 11.8. The quantitative estimate of drug-likeness (QED) is 0.280. The average molecular weight is 267 g/mol. The van der Waals surface area contributed by atoms with Crippen LogP contribution in [0.4, 0.5) is 0 Å². The SMILES string of the molecule is C=CC(=O)NCCN(CCNC(=O)C=C)C(O)C=C. The Morgan fingerprint density at radius 1 is 1.05 bits per heavy atom. The predicted octanol–water partition coefficient (Wildman–Crippen LogP) is -0.603. The lowest BCUT2D eigenvalue weighted by atomic mass is 10.4. The molecule has 0 rings (SSSR count). The van der Waals surface area contributed by atoms with Crippen molar-refractivity contribution in [3.05, 3.63) is 38.0 Å². The van der Waals surface area contributed by atoms with Crippen LogP contribution >= 0.6 is 0 Å². The number of rotatable bonds is 10. The lowest BCUT2D eigenvalue weighted by molar-refractivity contribution is -0.117. The third kappa shape index (κ3) is 7.91. The summed E-state index contributed by atoms with van der Waals surface area (Å²) in [6.07, 6.45) is 2.91. The lowest BCUT2D eigenvalue weighted by Crippen LogP contribution is -2.43. The van der Waals surface area contributed by atoms with Gasteiger partial charge in [0.2, 0.25) is 11.8 Å². The Labute approximate surface area is 113 Å². The first-order valence-electron chi connectivity index (χ1n) is 5.90. The molecule has 0 aromatic heterocycles. The first-order chi connectivity index (χ1) is 9.04. The highest BCUT2D eigenvalue weighted by Crippen LogP contribution is 1.95. The molecule has 0 aliphatic rings. The monoisotopic (exact) mass is 267 g/mol. The van der Waals surface area contributed by atoms with Crippen LogP contribution in [0.15, 0.2) is 38.0 Å². The van der Waals surface area contributed by atoms with Gasteiger partial charge < -0.3 is 15.7 Å². The van der Waals surface area contributed by atoms with Crippen LogP contribution in [-0.4, -0.2) is 54.2 Å². The zero-order chi connectivity index (χ0) is 14.7. The Kier molecular flexibility index (Phi) is 9.03. The number of carbonyl (C=O) groups excluding carboxylic acids is 2. The molecule has 1 unspecified atom stereocenters. The number of carbonyl (C=O) groups is 2. The molecule has 0 saturated carbocycles. The fraction of sp³-hybridized carbons (Fsp3) is 0.385. The van der Waals surface area contributed by atoms with E-state index in [1.54, 1.807) is 4.90 Å². The van der Waals surface area contributed by atoms with Gasteiger partial charge in [-0.05, 0) is 18.2 Å². The molecule has 0 aliphatic heterocycles. The molecule has 0 aromatic rings. The number of nitrogens with one attached hydrogen (secondary N) is 2. The first-order valence-corrected chi connectivity index (χ1v) is 5.90. The summed E-state index contributed by atoms with van der Waals surface area (Å²) in [6, 6.07) is 0. The molecule has 6 nitrogen and oxygen atoms in total. The standard InChI is InChI=1S/C13H21N3O3/c1-4-11(17)14-7-9-16(13(19)6-3)10-8-15-12(18)5-2/h4-6,13,19H,1-3,7-10H2,(H,14,17)(H,15,18). The van der Waals surface area contributed by atoms with Crippen molar-refractivity contribution >= 4 is 11.8 Å². The molecular weight excluding hydrogens is 246 g/mol. The number of aliphatic hydroxyl groups excluding tert-OH is 1. The van der Waals surface area contributed by atoms with Crippen LogP contribution in [0.2, 0.25) is 0 Å². The molecule has 0 radical (unpaired) electrons. The zero-order valence-corrected chi connectivity index (χ0v) is 11.0. The molecule has 0 heterocycles. The van der Waals surface area contributed by atoms with Crippen LogP contribution in [-0.2, 0) is 9.59 Å². The normalized spacial score (nSPS) is 11.5. The second-order valence-electron chi connectivity index (χ2n) is 3.68. The Morgan fingerprint density at radius 2 is 1.47 bits per heavy atom. The molecule has 3 N–H and O–H groups in total. The molecule has 19 heavy (non-hydrogen) atoms. The van der Waals surface area contributed by atoms with Crippen molar-refractivity contribution < 1.29 is 14.7 Å². The van der Waals surface area contributed by atoms with Gasteiger partial charge in [-0.1, -0.05) is 19.7 Å². The minimum Gasteiger partial charge on any atom is -0.375 e. The van der Waals surface area contributed by atoms with E-state index in [4.69, 9.17) is 0 Å². The number of aliphatic hydroxyl groups is 1. The molecule has 6 heteroatoms.